The van der Waals surface area contributed by atoms with Crippen LogP contribution in [0.25, 0.3) is 0 Å². The van der Waals surface area contributed by atoms with Crippen LogP contribution in [-0.2, 0) is 28.6 Å². The van der Waals surface area contributed by atoms with Crippen LogP contribution in [0.3, 0.4) is 0 Å². The third-order valence-corrected chi connectivity index (χ3v) is 6.84. The van der Waals surface area contributed by atoms with E-state index in [4.69, 9.17) is 8.92 Å². The van der Waals surface area contributed by atoms with Crippen molar-refractivity contribution in [2.45, 2.75) is 42.7 Å². The number of esters is 1. The summed E-state index contributed by atoms with van der Waals surface area (Å²) in [5.41, 5.74) is -0.102. The molecular weight excluding hydrogens is 374 g/mol. The zero-order valence-electron chi connectivity index (χ0n) is 15.3. The van der Waals surface area contributed by atoms with Gasteiger partial charge in [-0.1, -0.05) is 17.7 Å². The number of carbonyl (C=O) groups is 2. The number of benzene rings is 1. The van der Waals surface area contributed by atoms with Gasteiger partial charge in [-0.3, -0.25) is 18.7 Å². The van der Waals surface area contributed by atoms with Crippen molar-refractivity contribution in [1.82, 2.24) is 4.90 Å². The quantitative estimate of drug-likeness (QED) is 0.563. The fraction of sp³-hybridized carbons (Fsp3) is 0.556. The molecule has 2 fully saturated rings. The summed E-state index contributed by atoms with van der Waals surface area (Å²) in [6.07, 6.45) is 1.29. The summed E-state index contributed by atoms with van der Waals surface area (Å²) < 4.78 is 35.0. The number of aliphatic carboxylic acids is 1. The molecule has 3 atom stereocenters. The average molecular weight is 397 g/mol. The average Bonchev–Trinajstić information content (AvgIpc) is 3.17. The van der Waals surface area contributed by atoms with Gasteiger partial charge in [0.25, 0.3) is 10.1 Å². The molecule has 0 aliphatic carbocycles. The van der Waals surface area contributed by atoms with Gasteiger partial charge in [0.05, 0.1) is 24.5 Å². The number of rotatable bonds is 6. The predicted molar refractivity (Wildman–Crippen MR) is 94.5 cm³/mol. The summed E-state index contributed by atoms with van der Waals surface area (Å²) in [4.78, 5) is 25.9. The molecule has 0 unspecified atom stereocenters. The minimum Gasteiger partial charge on any atom is -0.481 e. The maximum absolute atomic E-state index is 12.5. The molecule has 9 heteroatoms. The molecule has 0 aromatic heterocycles. The van der Waals surface area contributed by atoms with Gasteiger partial charge >= 0.3 is 11.9 Å². The van der Waals surface area contributed by atoms with Crippen LogP contribution in [0.4, 0.5) is 0 Å². The standard InChI is InChI=1S/C18H23NO7S/c1-12-4-6-13(7-5-12)27(23,24)26-11-15-14(16(20)21)10-18(17(22)25-2)8-3-9-19(15)18/h4-7,14-15H,3,8-11H2,1-2H3,(H,20,21)/t14-,15-,18+/m1/s1. The highest BCUT2D eigenvalue weighted by atomic mass is 32.2. The molecule has 0 saturated carbocycles. The second-order valence-corrected chi connectivity index (χ2v) is 8.70. The number of ether oxygens (including phenoxy) is 1. The Bertz CT molecular complexity index is 836. The highest BCUT2D eigenvalue weighted by Crippen LogP contribution is 2.46. The predicted octanol–water partition coefficient (Wildman–Crippen LogP) is 1.18. The van der Waals surface area contributed by atoms with E-state index in [9.17, 15) is 23.1 Å². The summed E-state index contributed by atoms with van der Waals surface area (Å²) in [5.74, 6) is -2.46. The van der Waals surface area contributed by atoms with Crippen LogP contribution < -0.4 is 0 Å². The van der Waals surface area contributed by atoms with E-state index in [-0.39, 0.29) is 17.9 Å². The van der Waals surface area contributed by atoms with E-state index >= 15 is 0 Å². The highest BCUT2D eigenvalue weighted by molar-refractivity contribution is 7.86. The molecular formula is C18H23NO7S. The van der Waals surface area contributed by atoms with Crippen molar-refractivity contribution >= 4 is 22.1 Å². The van der Waals surface area contributed by atoms with Crippen LogP contribution in [0.15, 0.2) is 29.2 Å². The Labute approximate surface area is 158 Å². The number of hydrogen-bond acceptors (Lipinski definition) is 7. The van der Waals surface area contributed by atoms with E-state index in [0.717, 1.165) is 5.56 Å². The maximum atomic E-state index is 12.5. The van der Waals surface area contributed by atoms with Crippen molar-refractivity contribution < 1.29 is 32.0 Å². The smallest absolute Gasteiger partial charge is 0.326 e. The Balaban J connectivity index is 1.83. The van der Waals surface area contributed by atoms with Gasteiger partial charge in [-0.05, 0) is 44.9 Å². The number of nitrogens with zero attached hydrogens (tertiary/aromatic N) is 1. The monoisotopic (exact) mass is 397 g/mol. The van der Waals surface area contributed by atoms with Gasteiger partial charge in [0.15, 0.2) is 0 Å². The van der Waals surface area contributed by atoms with Gasteiger partial charge in [0.2, 0.25) is 0 Å². The zero-order valence-corrected chi connectivity index (χ0v) is 16.1. The number of carboxylic acids is 1. The van der Waals surface area contributed by atoms with Gasteiger partial charge in [-0.25, -0.2) is 0 Å². The molecule has 0 amide bonds. The van der Waals surface area contributed by atoms with Gasteiger partial charge in [0, 0.05) is 6.04 Å². The third kappa shape index (κ3) is 3.46. The second-order valence-electron chi connectivity index (χ2n) is 7.09. The molecule has 2 aliphatic rings. The number of carbonyl (C=O) groups excluding carboxylic acids is 1. The molecule has 1 aromatic carbocycles. The number of aryl methyl sites for hydroxylation is 1. The fourth-order valence-corrected chi connectivity index (χ4v) is 5.13. The minimum absolute atomic E-state index is 0.0126. The molecule has 2 heterocycles. The van der Waals surface area contributed by atoms with E-state index in [0.29, 0.717) is 19.4 Å². The van der Waals surface area contributed by atoms with Crippen LogP contribution in [0, 0.1) is 12.8 Å². The van der Waals surface area contributed by atoms with Crippen LogP contribution in [0.2, 0.25) is 0 Å². The Morgan fingerprint density at radius 3 is 2.56 bits per heavy atom. The van der Waals surface area contributed by atoms with Gasteiger partial charge in [-0.2, -0.15) is 8.42 Å². The molecule has 8 nitrogen and oxygen atoms in total. The second kappa shape index (κ2) is 7.21. The van der Waals surface area contributed by atoms with Crippen molar-refractivity contribution in [3.05, 3.63) is 29.8 Å². The van der Waals surface area contributed by atoms with Crippen molar-refractivity contribution in [1.29, 1.82) is 0 Å². The Morgan fingerprint density at radius 1 is 1.30 bits per heavy atom. The molecule has 1 N–H and O–H groups in total. The van der Waals surface area contributed by atoms with E-state index < -0.39 is 39.6 Å². The largest absolute Gasteiger partial charge is 0.481 e. The number of hydrogen-bond donors (Lipinski definition) is 1. The Morgan fingerprint density at radius 2 is 1.96 bits per heavy atom. The van der Waals surface area contributed by atoms with E-state index in [1.807, 2.05) is 6.92 Å². The first kappa shape index (κ1) is 19.8. The van der Waals surface area contributed by atoms with Crippen LogP contribution in [0.5, 0.6) is 0 Å². The maximum Gasteiger partial charge on any atom is 0.326 e. The molecule has 0 bridgehead atoms. The van der Waals surface area contributed by atoms with Crippen LogP contribution >= 0.6 is 0 Å². The number of carboxylic acid groups (broad SMARTS) is 1. The lowest BCUT2D eigenvalue weighted by atomic mass is 9.89. The molecule has 0 spiro atoms. The zero-order chi connectivity index (χ0) is 19.8. The highest BCUT2D eigenvalue weighted by Gasteiger charge is 2.61. The fourth-order valence-electron chi connectivity index (χ4n) is 4.20. The topological polar surface area (TPSA) is 110 Å². The molecule has 0 radical (unpaired) electrons. The van der Waals surface area contributed by atoms with Crippen molar-refractivity contribution in [2.75, 3.05) is 20.3 Å². The van der Waals surface area contributed by atoms with Gasteiger partial charge < -0.3 is 9.84 Å². The minimum atomic E-state index is -4.02. The number of fused-ring (bicyclic) bond motifs is 1. The van der Waals surface area contributed by atoms with Crippen molar-refractivity contribution in [3.8, 4) is 0 Å². The number of methoxy groups -OCH3 is 1. The Kier molecular flexibility index (Phi) is 5.29. The van der Waals surface area contributed by atoms with Gasteiger partial charge in [0.1, 0.15) is 5.54 Å². The van der Waals surface area contributed by atoms with Crippen LogP contribution in [-0.4, -0.2) is 62.2 Å². The first-order valence-electron chi connectivity index (χ1n) is 8.75. The SMILES string of the molecule is COC(=O)[C@@]12CCCN1[C@H](COS(=O)(=O)c1ccc(C)cc1)[C@H](C(=O)O)C2. The van der Waals surface area contributed by atoms with Crippen molar-refractivity contribution in [3.63, 3.8) is 0 Å². The lowest BCUT2D eigenvalue weighted by Crippen LogP contribution is -2.50. The van der Waals surface area contributed by atoms with E-state index in [2.05, 4.69) is 0 Å². The molecule has 148 valence electrons. The molecule has 2 saturated heterocycles. The summed E-state index contributed by atoms with van der Waals surface area (Å²) in [7, 11) is -2.75. The summed E-state index contributed by atoms with van der Waals surface area (Å²) in [5, 5.41) is 9.60. The summed E-state index contributed by atoms with van der Waals surface area (Å²) in [6.45, 7) is 2.01. The third-order valence-electron chi connectivity index (χ3n) is 5.55. The molecule has 3 rings (SSSR count). The Hall–Kier alpha value is -1.97. The van der Waals surface area contributed by atoms with Gasteiger partial charge in [-0.15, -0.1) is 0 Å². The summed E-state index contributed by atoms with van der Waals surface area (Å²) in [6, 6.07) is 5.50. The molecule has 27 heavy (non-hydrogen) atoms. The molecule has 1 aromatic rings. The van der Waals surface area contributed by atoms with Crippen LogP contribution in [0.1, 0.15) is 24.8 Å². The van der Waals surface area contributed by atoms with Crippen molar-refractivity contribution in [2.24, 2.45) is 5.92 Å². The first-order chi connectivity index (χ1) is 12.7. The lowest BCUT2D eigenvalue weighted by molar-refractivity contribution is -0.152. The molecule has 2 aliphatic heterocycles. The lowest BCUT2D eigenvalue weighted by Gasteiger charge is -2.32. The first-order valence-corrected chi connectivity index (χ1v) is 10.2. The van der Waals surface area contributed by atoms with E-state index in [1.54, 1.807) is 17.0 Å². The van der Waals surface area contributed by atoms with E-state index in [1.165, 1.54) is 19.2 Å². The normalized spacial score (nSPS) is 28.1. The summed E-state index contributed by atoms with van der Waals surface area (Å²) >= 11 is 0.